The Balaban J connectivity index is 2.65. The van der Waals surface area contributed by atoms with E-state index in [4.69, 9.17) is 10.5 Å². The summed E-state index contributed by atoms with van der Waals surface area (Å²) in [5.41, 5.74) is 6.23. The fourth-order valence-corrected chi connectivity index (χ4v) is 1.09. The van der Waals surface area contributed by atoms with Gasteiger partial charge in [-0.2, -0.15) is 0 Å². The zero-order valence-corrected chi connectivity index (χ0v) is 7.53. The third-order valence-corrected chi connectivity index (χ3v) is 1.84. The van der Waals surface area contributed by atoms with Gasteiger partial charge >= 0.3 is 0 Å². The average Bonchev–Trinajstić information content (AvgIpc) is 2.15. The van der Waals surface area contributed by atoms with Gasteiger partial charge in [0.15, 0.2) is 0 Å². The smallest absolute Gasteiger partial charge is 0.146 e. The van der Waals surface area contributed by atoms with E-state index in [-0.39, 0.29) is 11.9 Å². The molecule has 2 N–H and O–H groups in total. The van der Waals surface area contributed by atoms with E-state index in [1.165, 1.54) is 12.4 Å². The van der Waals surface area contributed by atoms with Crippen LogP contribution in [0, 0.1) is 5.82 Å². The van der Waals surface area contributed by atoms with Gasteiger partial charge in [0.05, 0.1) is 6.20 Å². The molecular weight excluding hydrogens is 171 g/mol. The molecule has 1 heterocycles. The van der Waals surface area contributed by atoms with Crippen LogP contribution in [0.5, 0.6) is 0 Å². The fourth-order valence-electron chi connectivity index (χ4n) is 1.09. The first kappa shape index (κ1) is 10.1. The SMILES string of the molecule is COCCC(N)c1ccncc1F. The lowest BCUT2D eigenvalue weighted by molar-refractivity contribution is 0.187. The summed E-state index contributed by atoms with van der Waals surface area (Å²) in [6, 6.07) is 1.28. The third kappa shape index (κ3) is 2.75. The van der Waals surface area contributed by atoms with Crippen LogP contribution in [0.1, 0.15) is 18.0 Å². The molecular formula is C9H13FN2O. The van der Waals surface area contributed by atoms with Crippen molar-refractivity contribution in [2.75, 3.05) is 13.7 Å². The maximum atomic E-state index is 13.1. The molecule has 0 aliphatic heterocycles. The predicted octanol–water partition coefficient (Wildman–Crippen LogP) is 1.26. The summed E-state index contributed by atoms with van der Waals surface area (Å²) < 4.78 is 17.9. The molecule has 0 amide bonds. The van der Waals surface area contributed by atoms with Crippen LogP contribution in [0.3, 0.4) is 0 Å². The molecule has 3 nitrogen and oxygen atoms in total. The Morgan fingerprint density at radius 1 is 1.69 bits per heavy atom. The molecule has 0 aliphatic carbocycles. The van der Waals surface area contributed by atoms with Crippen molar-refractivity contribution in [2.24, 2.45) is 5.73 Å². The normalized spacial score (nSPS) is 12.8. The average molecular weight is 184 g/mol. The summed E-state index contributed by atoms with van der Waals surface area (Å²) in [6.45, 7) is 0.531. The van der Waals surface area contributed by atoms with Crippen LogP contribution in [0.15, 0.2) is 18.5 Å². The van der Waals surface area contributed by atoms with Crippen molar-refractivity contribution in [1.29, 1.82) is 0 Å². The molecule has 13 heavy (non-hydrogen) atoms. The first-order chi connectivity index (χ1) is 6.25. The van der Waals surface area contributed by atoms with E-state index in [1.807, 2.05) is 0 Å². The number of aromatic nitrogens is 1. The van der Waals surface area contributed by atoms with Gasteiger partial charge in [-0.05, 0) is 12.5 Å². The van der Waals surface area contributed by atoms with Crippen molar-refractivity contribution >= 4 is 0 Å². The fraction of sp³-hybridized carbons (Fsp3) is 0.444. The molecule has 0 fully saturated rings. The van der Waals surface area contributed by atoms with E-state index in [9.17, 15) is 4.39 Å². The Bertz CT molecular complexity index is 268. The van der Waals surface area contributed by atoms with Crippen LogP contribution in [-0.2, 0) is 4.74 Å². The second-order valence-corrected chi connectivity index (χ2v) is 2.79. The number of hydrogen-bond donors (Lipinski definition) is 1. The number of nitrogens with two attached hydrogens (primary N) is 1. The molecule has 1 aromatic heterocycles. The maximum Gasteiger partial charge on any atom is 0.146 e. The van der Waals surface area contributed by atoms with Gasteiger partial charge in [-0.25, -0.2) is 4.39 Å². The number of hydrogen-bond acceptors (Lipinski definition) is 3. The van der Waals surface area contributed by atoms with Crippen LogP contribution < -0.4 is 5.73 Å². The standard InChI is InChI=1S/C9H13FN2O/c1-13-5-3-9(11)7-2-4-12-6-8(7)10/h2,4,6,9H,3,5,11H2,1H3. The highest BCUT2D eigenvalue weighted by Crippen LogP contribution is 2.15. The second-order valence-electron chi connectivity index (χ2n) is 2.79. The number of rotatable bonds is 4. The molecule has 0 saturated carbocycles. The molecule has 1 unspecified atom stereocenters. The molecule has 1 aromatic rings. The first-order valence-corrected chi connectivity index (χ1v) is 4.09. The molecule has 0 bridgehead atoms. The molecule has 0 saturated heterocycles. The van der Waals surface area contributed by atoms with Gasteiger partial charge in [0.2, 0.25) is 0 Å². The number of pyridine rings is 1. The second kappa shape index (κ2) is 4.89. The minimum absolute atomic E-state index is 0.317. The van der Waals surface area contributed by atoms with Crippen molar-refractivity contribution in [2.45, 2.75) is 12.5 Å². The van der Waals surface area contributed by atoms with Crippen LogP contribution in [-0.4, -0.2) is 18.7 Å². The van der Waals surface area contributed by atoms with E-state index >= 15 is 0 Å². The van der Waals surface area contributed by atoms with E-state index in [1.54, 1.807) is 13.2 Å². The van der Waals surface area contributed by atoms with Gasteiger partial charge in [0.25, 0.3) is 0 Å². The zero-order chi connectivity index (χ0) is 9.68. The first-order valence-electron chi connectivity index (χ1n) is 4.09. The largest absolute Gasteiger partial charge is 0.385 e. The predicted molar refractivity (Wildman–Crippen MR) is 47.6 cm³/mol. The van der Waals surface area contributed by atoms with Crippen molar-refractivity contribution in [3.05, 3.63) is 29.8 Å². The molecule has 72 valence electrons. The highest BCUT2D eigenvalue weighted by molar-refractivity contribution is 5.16. The minimum atomic E-state index is -0.355. The molecule has 1 rings (SSSR count). The van der Waals surface area contributed by atoms with E-state index < -0.39 is 0 Å². The third-order valence-electron chi connectivity index (χ3n) is 1.84. The van der Waals surface area contributed by atoms with Gasteiger partial charge in [0, 0.05) is 31.5 Å². The summed E-state index contributed by atoms with van der Waals surface area (Å²) in [5.74, 6) is -0.355. The molecule has 1 atom stereocenters. The summed E-state index contributed by atoms with van der Waals surface area (Å²) in [7, 11) is 1.59. The Morgan fingerprint density at radius 3 is 3.08 bits per heavy atom. The van der Waals surface area contributed by atoms with E-state index in [0.717, 1.165) is 0 Å². The van der Waals surface area contributed by atoms with Gasteiger partial charge in [-0.3, -0.25) is 4.98 Å². The molecule has 0 aliphatic rings. The van der Waals surface area contributed by atoms with E-state index in [2.05, 4.69) is 4.98 Å². The Hall–Kier alpha value is -1.00. The van der Waals surface area contributed by atoms with Gasteiger partial charge in [-0.1, -0.05) is 0 Å². The highest BCUT2D eigenvalue weighted by Gasteiger charge is 2.10. The van der Waals surface area contributed by atoms with Crippen molar-refractivity contribution in [3.8, 4) is 0 Å². The molecule has 0 radical (unpaired) electrons. The number of nitrogens with zero attached hydrogens (tertiary/aromatic N) is 1. The monoisotopic (exact) mass is 184 g/mol. The van der Waals surface area contributed by atoms with Crippen LogP contribution >= 0.6 is 0 Å². The molecule has 4 heteroatoms. The van der Waals surface area contributed by atoms with Crippen molar-refractivity contribution in [1.82, 2.24) is 4.98 Å². The molecule has 0 spiro atoms. The lowest BCUT2D eigenvalue weighted by Gasteiger charge is -2.11. The Morgan fingerprint density at radius 2 is 2.46 bits per heavy atom. The van der Waals surface area contributed by atoms with Crippen LogP contribution in [0.25, 0.3) is 0 Å². The van der Waals surface area contributed by atoms with Gasteiger partial charge < -0.3 is 10.5 Å². The number of methoxy groups -OCH3 is 1. The lowest BCUT2D eigenvalue weighted by Crippen LogP contribution is -2.14. The maximum absolute atomic E-state index is 13.1. The summed E-state index contributed by atoms with van der Waals surface area (Å²) in [6.07, 6.45) is 3.31. The van der Waals surface area contributed by atoms with Crippen molar-refractivity contribution in [3.63, 3.8) is 0 Å². The van der Waals surface area contributed by atoms with Crippen molar-refractivity contribution < 1.29 is 9.13 Å². The highest BCUT2D eigenvalue weighted by atomic mass is 19.1. The number of ether oxygens (including phenoxy) is 1. The Kier molecular flexibility index (Phi) is 3.79. The Labute approximate surface area is 76.7 Å². The summed E-state index contributed by atoms with van der Waals surface area (Å²) in [5, 5.41) is 0. The summed E-state index contributed by atoms with van der Waals surface area (Å²) in [4.78, 5) is 3.65. The summed E-state index contributed by atoms with van der Waals surface area (Å²) >= 11 is 0. The minimum Gasteiger partial charge on any atom is -0.385 e. The lowest BCUT2D eigenvalue weighted by atomic mass is 10.1. The quantitative estimate of drug-likeness (QED) is 0.766. The van der Waals surface area contributed by atoms with Gasteiger partial charge in [-0.15, -0.1) is 0 Å². The molecule has 0 aromatic carbocycles. The number of halogens is 1. The zero-order valence-electron chi connectivity index (χ0n) is 7.53. The van der Waals surface area contributed by atoms with Crippen LogP contribution in [0.2, 0.25) is 0 Å². The van der Waals surface area contributed by atoms with Gasteiger partial charge in [0.1, 0.15) is 5.82 Å². The van der Waals surface area contributed by atoms with Crippen LogP contribution in [0.4, 0.5) is 4.39 Å². The topological polar surface area (TPSA) is 48.1 Å². The van der Waals surface area contributed by atoms with E-state index in [0.29, 0.717) is 18.6 Å².